The van der Waals surface area contributed by atoms with Crippen molar-refractivity contribution in [2.24, 2.45) is 0 Å². The fourth-order valence-electron chi connectivity index (χ4n) is 1.99. The molecule has 1 aromatic carbocycles. The summed E-state index contributed by atoms with van der Waals surface area (Å²) in [6, 6.07) is 8.28. The first kappa shape index (κ1) is 10.8. The average molecular weight is 212 g/mol. The lowest BCUT2D eigenvalue weighted by Crippen LogP contribution is -2.28. The molecule has 0 saturated heterocycles. The number of hydrogen-bond donors (Lipinski definition) is 0. The van der Waals surface area contributed by atoms with Crippen molar-refractivity contribution in [1.82, 2.24) is 0 Å². The molecule has 0 unspecified atom stereocenters. The van der Waals surface area contributed by atoms with E-state index in [2.05, 4.69) is 37.0 Å². The smallest absolute Gasteiger partial charge is 0.101 e. The predicted molar refractivity (Wildman–Crippen MR) is 66.5 cm³/mol. The largest absolute Gasteiger partial charge is 0.366 e. The molecule has 0 aliphatic carbocycles. The van der Waals surface area contributed by atoms with Crippen LogP contribution in [0.5, 0.6) is 0 Å². The van der Waals surface area contributed by atoms with Gasteiger partial charge in [0.05, 0.1) is 11.3 Å². The maximum atomic E-state index is 9.10. The SMILES string of the molecule is CC1=CCN(c2cc(C)ccc2C#N)CC1. The maximum absolute atomic E-state index is 9.10. The molecule has 0 fully saturated rings. The Kier molecular flexibility index (Phi) is 2.96. The Morgan fingerprint density at radius 3 is 2.75 bits per heavy atom. The molecule has 1 aliphatic heterocycles. The van der Waals surface area contributed by atoms with Crippen LogP contribution in [0.2, 0.25) is 0 Å². The van der Waals surface area contributed by atoms with Gasteiger partial charge < -0.3 is 4.90 Å². The number of nitrogens with zero attached hydrogens (tertiary/aromatic N) is 2. The van der Waals surface area contributed by atoms with Crippen LogP contribution in [0.1, 0.15) is 24.5 Å². The summed E-state index contributed by atoms with van der Waals surface area (Å²) in [7, 11) is 0. The molecule has 2 nitrogen and oxygen atoms in total. The minimum absolute atomic E-state index is 0.776. The van der Waals surface area contributed by atoms with E-state index < -0.39 is 0 Å². The Bertz CT molecular complexity index is 466. The molecule has 1 aliphatic rings. The monoisotopic (exact) mass is 212 g/mol. The summed E-state index contributed by atoms with van der Waals surface area (Å²) in [6.45, 7) is 6.17. The first-order valence-electron chi connectivity index (χ1n) is 5.62. The standard InChI is InChI=1S/C14H16N2/c1-11-5-7-16(8-6-11)14-9-12(2)3-4-13(14)10-15/h3-5,9H,6-8H2,1-2H3. The highest BCUT2D eigenvalue weighted by Crippen LogP contribution is 2.24. The Labute approximate surface area is 96.8 Å². The minimum Gasteiger partial charge on any atom is -0.366 e. The molecule has 0 radical (unpaired) electrons. The third-order valence-corrected chi connectivity index (χ3v) is 3.05. The van der Waals surface area contributed by atoms with Crippen LogP contribution in [0.3, 0.4) is 0 Å². The second-order valence-electron chi connectivity index (χ2n) is 4.38. The molecule has 1 heterocycles. The van der Waals surface area contributed by atoms with Crippen molar-refractivity contribution in [2.75, 3.05) is 18.0 Å². The highest BCUT2D eigenvalue weighted by molar-refractivity contribution is 5.61. The van der Waals surface area contributed by atoms with Crippen LogP contribution >= 0.6 is 0 Å². The van der Waals surface area contributed by atoms with Crippen LogP contribution in [0.15, 0.2) is 29.8 Å². The summed E-state index contributed by atoms with van der Waals surface area (Å²) in [5.74, 6) is 0. The summed E-state index contributed by atoms with van der Waals surface area (Å²) in [5.41, 5.74) is 4.51. The van der Waals surface area contributed by atoms with Gasteiger partial charge in [-0.1, -0.05) is 17.7 Å². The van der Waals surface area contributed by atoms with Gasteiger partial charge in [-0.15, -0.1) is 0 Å². The number of benzene rings is 1. The van der Waals surface area contributed by atoms with Crippen molar-refractivity contribution < 1.29 is 0 Å². The van der Waals surface area contributed by atoms with Crippen molar-refractivity contribution >= 4 is 5.69 Å². The van der Waals surface area contributed by atoms with Gasteiger partial charge in [0.2, 0.25) is 0 Å². The molecule has 2 heteroatoms. The number of hydrogen-bond acceptors (Lipinski definition) is 2. The zero-order chi connectivity index (χ0) is 11.5. The summed E-state index contributed by atoms with van der Waals surface area (Å²) >= 11 is 0. The molecule has 0 spiro atoms. The van der Waals surface area contributed by atoms with E-state index in [0.717, 1.165) is 30.8 Å². The van der Waals surface area contributed by atoms with Crippen molar-refractivity contribution in [3.05, 3.63) is 41.0 Å². The minimum atomic E-state index is 0.776. The Morgan fingerprint density at radius 2 is 2.12 bits per heavy atom. The molecular weight excluding hydrogens is 196 g/mol. The zero-order valence-electron chi connectivity index (χ0n) is 9.83. The molecule has 0 atom stereocenters. The molecule has 0 bridgehead atoms. The van der Waals surface area contributed by atoms with E-state index in [-0.39, 0.29) is 0 Å². The highest BCUT2D eigenvalue weighted by atomic mass is 15.1. The zero-order valence-corrected chi connectivity index (χ0v) is 9.83. The number of anilines is 1. The second kappa shape index (κ2) is 4.40. The fourth-order valence-corrected chi connectivity index (χ4v) is 1.99. The molecule has 2 rings (SSSR count). The average Bonchev–Trinajstić information content (AvgIpc) is 2.30. The van der Waals surface area contributed by atoms with Gasteiger partial charge in [0, 0.05) is 13.1 Å². The highest BCUT2D eigenvalue weighted by Gasteiger charge is 2.13. The van der Waals surface area contributed by atoms with Crippen LogP contribution in [0, 0.1) is 18.3 Å². The topological polar surface area (TPSA) is 27.0 Å². The van der Waals surface area contributed by atoms with Crippen LogP contribution in [-0.2, 0) is 0 Å². The van der Waals surface area contributed by atoms with Crippen molar-refractivity contribution in [3.8, 4) is 6.07 Å². The van der Waals surface area contributed by atoms with Gasteiger partial charge in [0.1, 0.15) is 6.07 Å². The van der Waals surface area contributed by atoms with Gasteiger partial charge in [0.15, 0.2) is 0 Å². The lowest BCUT2D eigenvalue weighted by molar-refractivity contribution is 0.786. The van der Waals surface area contributed by atoms with Crippen LogP contribution in [-0.4, -0.2) is 13.1 Å². The lowest BCUT2D eigenvalue weighted by Gasteiger charge is -2.28. The van der Waals surface area contributed by atoms with Gasteiger partial charge in [-0.3, -0.25) is 0 Å². The predicted octanol–water partition coefficient (Wildman–Crippen LogP) is 3.02. The maximum Gasteiger partial charge on any atom is 0.101 e. The Morgan fingerprint density at radius 1 is 1.31 bits per heavy atom. The summed E-state index contributed by atoms with van der Waals surface area (Å²) in [6.07, 6.45) is 3.34. The van der Waals surface area contributed by atoms with Crippen LogP contribution in [0.25, 0.3) is 0 Å². The van der Waals surface area contributed by atoms with Gasteiger partial charge in [0.25, 0.3) is 0 Å². The molecule has 0 N–H and O–H groups in total. The number of aryl methyl sites for hydroxylation is 1. The molecule has 0 saturated carbocycles. The molecule has 0 aromatic heterocycles. The van der Waals surface area contributed by atoms with Crippen molar-refractivity contribution in [2.45, 2.75) is 20.3 Å². The van der Waals surface area contributed by atoms with Gasteiger partial charge in [-0.25, -0.2) is 0 Å². The summed E-state index contributed by atoms with van der Waals surface area (Å²) in [5, 5.41) is 9.10. The van der Waals surface area contributed by atoms with E-state index in [1.165, 1.54) is 11.1 Å². The van der Waals surface area contributed by atoms with Gasteiger partial charge in [-0.05, 0) is 38.0 Å². The lowest BCUT2D eigenvalue weighted by atomic mass is 10.1. The van der Waals surface area contributed by atoms with Crippen LogP contribution < -0.4 is 4.90 Å². The van der Waals surface area contributed by atoms with Crippen molar-refractivity contribution in [1.29, 1.82) is 5.26 Å². The van der Waals surface area contributed by atoms with Gasteiger partial charge in [-0.2, -0.15) is 5.26 Å². The van der Waals surface area contributed by atoms with E-state index in [1.54, 1.807) is 0 Å². The number of rotatable bonds is 1. The second-order valence-corrected chi connectivity index (χ2v) is 4.38. The van der Waals surface area contributed by atoms with E-state index in [9.17, 15) is 0 Å². The first-order valence-corrected chi connectivity index (χ1v) is 5.62. The Hall–Kier alpha value is -1.75. The third-order valence-electron chi connectivity index (χ3n) is 3.05. The van der Waals surface area contributed by atoms with Crippen LogP contribution in [0.4, 0.5) is 5.69 Å². The van der Waals surface area contributed by atoms with E-state index in [0.29, 0.717) is 0 Å². The fraction of sp³-hybridized carbons (Fsp3) is 0.357. The molecule has 0 amide bonds. The molecular formula is C14H16N2. The quantitative estimate of drug-likeness (QED) is 0.669. The normalized spacial score (nSPS) is 15.6. The Balaban J connectivity index is 2.33. The van der Waals surface area contributed by atoms with Crippen molar-refractivity contribution in [3.63, 3.8) is 0 Å². The van der Waals surface area contributed by atoms with E-state index >= 15 is 0 Å². The number of nitriles is 1. The molecule has 1 aromatic rings. The third kappa shape index (κ3) is 2.09. The summed E-state index contributed by atoms with van der Waals surface area (Å²) < 4.78 is 0. The first-order chi connectivity index (χ1) is 7.70. The van der Waals surface area contributed by atoms with E-state index in [4.69, 9.17) is 5.26 Å². The molecule has 82 valence electrons. The summed E-state index contributed by atoms with van der Waals surface area (Å²) in [4.78, 5) is 2.28. The van der Waals surface area contributed by atoms with Gasteiger partial charge >= 0.3 is 0 Å². The molecule has 16 heavy (non-hydrogen) atoms. The van der Waals surface area contributed by atoms with E-state index in [1.807, 2.05) is 12.1 Å².